The first kappa shape index (κ1) is 23.8. The summed E-state index contributed by atoms with van der Waals surface area (Å²) in [6.07, 6.45) is 0. The summed E-state index contributed by atoms with van der Waals surface area (Å²) in [5.74, 6) is 0. The first-order valence-corrected chi connectivity index (χ1v) is 1.47. The smallest absolute Gasteiger partial charge is 0.855 e. The predicted molar refractivity (Wildman–Crippen MR) is 22.6 cm³/mol. The third-order valence-corrected chi connectivity index (χ3v) is 0. The van der Waals surface area contributed by atoms with E-state index in [1.807, 2.05) is 0 Å². The standard InChI is InChI=1S/C2H5O.CH2O2.H3N.Na/c1-2-3;2-1-3;;/h2H2,1H3;1H,(H,2,3);1H3;/q-1;;;+1. The van der Waals surface area contributed by atoms with Gasteiger partial charge in [-0.25, -0.2) is 0 Å². The van der Waals surface area contributed by atoms with Crippen LogP contribution in [-0.4, -0.2) is 13.1 Å². The molecule has 46 valence electrons. The topological polar surface area (TPSA) is 99.7 Å². The van der Waals surface area contributed by atoms with Crippen LogP contribution in [0.3, 0.4) is 0 Å². The maximum Gasteiger partial charge on any atom is 1.00 e. The summed E-state index contributed by atoms with van der Waals surface area (Å²) in [6, 6.07) is 0. The molecular formula is C3H10NNaO3. The Hall–Kier alpha value is 0.390. The van der Waals surface area contributed by atoms with Gasteiger partial charge in [-0.2, -0.15) is 0 Å². The second-order valence-corrected chi connectivity index (χ2v) is 0.385. The van der Waals surface area contributed by atoms with Crippen molar-refractivity contribution in [2.24, 2.45) is 0 Å². The zero-order chi connectivity index (χ0) is 5.41. The SMILES string of the molecule is CC[O-].O=C[O-].[NH4+].[Na+]. The van der Waals surface area contributed by atoms with Gasteiger partial charge >= 0.3 is 29.6 Å². The molecule has 0 saturated heterocycles. The van der Waals surface area contributed by atoms with Crippen molar-refractivity contribution in [3.63, 3.8) is 0 Å². The minimum atomic E-state index is -0.500. The van der Waals surface area contributed by atoms with E-state index in [-0.39, 0.29) is 42.3 Å². The van der Waals surface area contributed by atoms with Gasteiger partial charge in [0.2, 0.25) is 0 Å². The molecule has 0 rings (SSSR count). The van der Waals surface area contributed by atoms with E-state index in [1.165, 1.54) is 0 Å². The molecule has 5 heteroatoms. The summed E-state index contributed by atoms with van der Waals surface area (Å²) in [5, 5.41) is 17.2. The van der Waals surface area contributed by atoms with Gasteiger partial charge in [-0.1, -0.05) is 6.92 Å². The molecule has 0 atom stereocenters. The van der Waals surface area contributed by atoms with Crippen molar-refractivity contribution in [1.29, 1.82) is 0 Å². The van der Waals surface area contributed by atoms with E-state index in [0.717, 1.165) is 0 Å². The Balaban J connectivity index is -0.0000000160. The van der Waals surface area contributed by atoms with Crippen molar-refractivity contribution < 1.29 is 44.6 Å². The minimum absolute atomic E-state index is 0. The molecule has 0 aromatic carbocycles. The average molecular weight is 131 g/mol. The molecular weight excluding hydrogens is 121 g/mol. The van der Waals surface area contributed by atoms with Gasteiger partial charge in [0, 0.05) is 6.47 Å². The Kier molecular flexibility index (Phi) is 157. The molecule has 0 aromatic rings. The number of carbonyl (C=O) groups is 1. The van der Waals surface area contributed by atoms with Crippen molar-refractivity contribution in [1.82, 2.24) is 6.15 Å². The van der Waals surface area contributed by atoms with Crippen LogP contribution in [0.25, 0.3) is 0 Å². The summed E-state index contributed by atoms with van der Waals surface area (Å²) >= 11 is 0. The summed E-state index contributed by atoms with van der Waals surface area (Å²) in [6.45, 7) is 1.07. The molecule has 0 aliphatic rings. The van der Waals surface area contributed by atoms with Crippen LogP contribution in [0.15, 0.2) is 0 Å². The number of carboxylic acid groups (broad SMARTS) is 1. The molecule has 0 aromatic heterocycles. The van der Waals surface area contributed by atoms with Crippen molar-refractivity contribution >= 4 is 6.47 Å². The monoisotopic (exact) mass is 131 g/mol. The van der Waals surface area contributed by atoms with Crippen LogP contribution < -0.4 is 45.9 Å². The summed E-state index contributed by atoms with van der Waals surface area (Å²) < 4.78 is 0. The molecule has 0 fully saturated rings. The van der Waals surface area contributed by atoms with E-state index in [2.05, 4.69) is 0 Å². The van der Waals surface area contributed by atoms with Crippen LogP contribution in [0.4, 0.5) is 0 Å². The normalized spacial score (nSPS) is 3.75. The van der Waals surface area contributed by atoms with Gasteiger partial charge in [0.15, 0.2) is 0 Å². The second-order valence-electron chi connectivity index (χ2n) is 0.385. The molecule has 0 aliphatic carbocycles. The van der Waals surface area contributed by atoms with Crippen molar-refractivity contribution in [3.8, 4) is 0 Å². The molecule has 8 heavy (non-hydrogen) atoms. The molecule has 0 spiro atoms. The Morgan fingerprint density at radius 3 is 1.62 bits per heavy atom. The van der Waals surface area contributed by atoms with Gasteiger partial charge in [0.25, 0.3) is 0 Å². The van der Waals surface area contributed by atoms with Crippen LogP contribution in [0.1, 0.15) is 6.92 Å². The average Bonchev–Trinajstić information content (AvgIpc) is 1.39. The predicted octanol–water partition coefficient (Wildman–Crippen LogP) is -4.89. The van der Waals surface area contributed by atoms with Crippen LogP contribution in [0, 0.1) is 0 Å². The first-order chi connectivity index (χ1) is 2.83. The van der Waals surface area contributed by atoms with Gasteiger partial charge in [-0.3, -0.25) is 0 Å². The number of quaternary nitrogens is 1. The zero-order valence-corrected chi connectivity index (χ0v) is 7.51. The summed E-state index contributed by atoms with van der Waals surface area (Å²) in [7, 11) is 0. The van der Waals surface area contributed by atoms with E-state index < -0.39 is 6.47 Å². The van der Waals surface area contributed by atoms with Gasteiger partial charge in [-0.05, 0) is 0 Å². The Labute approximate surface area is 70.8 Å². The van der Waals surface area contributed by atoms with Gasteiger partial charge in [0.05, 0.1) is 0 Å². The third-order valence-electron chi connectivity index (χ3n) is 0. The second kappa shape index (κ2) is 52.8. The minimum Gasteiger partial charge on any atom is -0.855 e. The summed E-state index contributed by atoms with van der Waals surface area (Å²) in [5.41, 5.74) is 0. The van der Waals surface area contributed by atoms with Crippen LogP contribution >= 0.6 is 0 Å². The zero-order valence-electron chi connectivity index (χ0n) is 5.51. The van der Waals surface area contributed by atoms with Crippen LogP contribution in [0.5, 0.6) is 0 Å². The fourth-order valence-electron chi connectivity index (χ4n) is 0. The van der Waals surface area contributed by atoms with E-state index in [1.54, 1.807) is 6.92 Å². The largest absolute Gasteiger partial charge is 1.00 e. The molecule has 4 nitrogen and oxygen atoms in total. The van der Waals surface area contributed by atoms with Gasteiger partial charge in [-0.15, -0.1) is 6.61 Å². The van der Waals surface area contributed by atoms with E-state index >= 15 is 0 Å². The molecule has 0 amide bonds. The van der Waals surface area contributed by atoms with Gasteiger partial charge in [0.1, 0.15) is 0 Å². The molecule has 0 radical (unpaired) electrons. The fraction of sp³-hybridized carbons (Fsp3) is 0.667. The van der Waals surface area contributed by atoms with E-state index in [0.29, 0.717) is 0 Å². The number of hydrogen-bond acceptors (Lipinski definition) is 3. The van der Waals surface area contributed by atoms with E-state index in [9.17, 15) is 0 Å². The molecule has 0 bridgehead atoms. The van der Waals surface area contributed by atoms with Gasteiger partial charge < -0.3 is 21.2 Å². The number of rotatable bonds is 0. The van der Waals surface area contributed by atoms with Crippen molar-refractivity contribution in [2.75, 3.05) is 6.61 Å². The maximum absolute atomic E-state index is 8.93. The Morgan fingerprint density at radius 2 is 1.62 bits per heavy atom. The number of hydrogen-bond donors (Lipinski definition) is 1. The van der Waals surface area contributed by atoms with Crippen LogP contribution in [0.2, 0.25) is 0 Å². The summed E-state index contributed by atoms with van der Waals surface area (Å²) in [4.78, 5) is 8.25. The quantitative estimate of drug-likeness (QED) is 0.263. The number of carbonyl (C=O) groups excluding carboxylic acids is 1. The third kappa shape index (κ3) is 1220. The first-order valence-electron chi connectivity index (χ1n) is 1.47. The van der Waals surface area contributed by atoms with Crippen molar-refractivity contribution in [3.05, 3.63) is 0 Å². The fourth-order valence-corrected chi connectivity index (χ4v) is 0. The molecule has 0 unspecified atom stereocenters. The Morgan fingerprint density at radius 1 is 1.62 bits per heavy atom. The molecule has 0 saturated carbocycles. The molecule has 4 N–H and O–H groups in total. The maximum atomic E-state index is 8.93. The molecule has 0 aliphatic heterocycles. The molecule has 0 heterocycles. The van der Waals surface area contributed by atoms with Crippen LogP contribution in [-0.2, 0) is 4.79 Å². The Bertz CT molecular complexity index is 28.5. The van der Waals surface area contributed by atoms with Crippen molar-refractivity contribution in [2.45, 2.75) is 6.92 Å². The van der Waals surface area contributed by atoms with E-state index in [4.69, 9.17) is 15.0 Å².